The number of carbonyl (C=O) groups is 1. The molecule has 4 nitrogen and oxygen atoms in total. The Morgan fingerprint density at radius 3 is 2.43 bits per heavy atom. The summed E-state index contributed by atoms with van der Waals surface area (Å²) >= 11 is 2.34. The second-order valence-corrected chi connectivity index (χ2v) is 10.2. The van der Waals surface area contributed by atoms with E-state index in [0.717, 1.165) is 10.3 Å². The lowest BCUT2D eigenvalue weighted by Gasteiger charge is -2.12. The Morgan fingerprint density at radius 1 is 1.50 bits per heavy atom. The van der Waals surface area contributed by atoms with Crippen molar-refractivity contribution >= 4 is 54.9 Å². The second-order valence-electron chi connectivity index (χ2n) is 2.96. The molecule has 1 unspecified atom stereocenters. The Balaban J connectivity index is 2.83. The van der Waals surface area contributed by atoms with Crippen LogP contribution in [0, 0.1) is 0 Å². The van der Waals surface area contributed by atoms with Crippen molar-refractivity contribution in [1.82, 2.24) is 9.80 Å². The summed E-state index contributed by atoms with van der Waals surface area (Å²) in [4.78, 5) is 19.1. The van der Waals surface area contributed by atoms with E-state index < -0.39 is 0 Å². The fraction of sp³-hybridized carbons (Fsp3) is 0.571. The Morgan fingerprint density at radius 2 is 2.07 bits per heavy atom. The quantitative estimate of drug-likeness (QED) is 0.381. The van der Waals surface area contributed by atoms with E-state index in [0.29, 0.717) is 0 Å². The van der Waals surface area contributed by atoms with E-state index >= 15 is 0 Å². The minimum atomic E-state index is 0.0182. The van der Waals surface area contributed by atoms with Crippen molar-refractivity contribution in [3.05, 3.63) is 0 Å². The Labute approximate surface area is 102 Å². The first kappa shape index (κ1) is 12.5. The molecule has 1 aliphatic rings. The monoisotopic (exact) mass is 345 g/mol. The highest BCUT2D eigenvalue weighted by molar-refractivity contribution is 14.2. The Hall–Kier alpha value is 0.400. The molecule has 14 heavy (non-hydrogen) atoms. The van der Waals surface area contributed by atoms with E-state index in [1.807, 2.05) is 19.0 Å². The lowest BCUT2D eigenvalue weighted by molar-refractivity contribution is -0.124. The third-order valence-electron chi connectivity index (χ3n) is 1.62. The topological polar surface area (TPSA) is 35.9 Å². The van der Waals surface area contributed by atoms with E-state index in [2.05, 4.69) is 26.2 Å². The smallest absolute Gasteiger partial charge is 0.225 e. The summed E-state index contributed by atoms with van der Waals surface area (Å²) in [6.07, 6.45) is 0. The Kier molecular flexibility index (Phi) is 4.41. The molecule has 0 bridgehead atoms. The first-order valence-electron chi connectivity index (χ1n) is 3.89. The molecule has 7 heteroatoms. The lowest BCUT2D eigenvalue weighted by Crippen LogP contribution is -2.28. The van der Waals surface area contributed by atoms with Gasteiger partial charge in [-0.25, -0.2) is 4.99 Å². The van der Waals surface area contributed by atoms with Gasteiger partial charge in [0.15, 0.2) is 10.3 Å². The molecule has 0 aromatic carbocycles. The maximum absolute atomic E-state index is 11.1. The van der Waals surface area contributed by atoms with Crippen molar-refractivity contribution in [3.63, 3.8) is 0 Å². The number of hydrogen-bond donors (Lipinski definition) is 0. The van der Waals surface area contributed by atoms with E-state index in [4.69, 9.17) is 0 Å². The molecular formula is C7H12IN3OS2. The largest absolute Gasteiger partial charge is 0.294 e. The molecule has 0 spiro atoms. The van der Waals surface area contributed by atoms with Crippen LogP contribution in [0.15, 0.2) is 4.99 Å². The fourth-order valence-corrected chi connectivity index (χ4v) is 6.37. The molecule has 0 aromatic rings. The number of halogens is 1. The van der Waals surface area contributed by atoms with Gasteiger partial charge in [-0.3, -0.25) is 14.6 Å². The standard InChI is InChI=1S/C7H12IN3OS2/c1-5(12)11(4)6-9-7(10(2)3)14(8)13-6/h1-4H3. The van der Waals surface area contributed by atoms with Gasteiger partial charge in [0, 0.05) is 35.2 Å². The molecule has 1 atom stereocenters. The number of aliphatic imine (C=N–C) groups is 1. The van der Waals surface area contributed by atoms with Crippen LogP contribution in [0.25, 0.3) is 0 Å². The van der Waals surface area contributed by atoms with Crippen molar-refractivity contribution < 1.29 is 4.79 Å². The minimum absolute atomic E-state index is 0.0182. The van der Waals surface area contributed by atoms with Crippen molar-refractivity contribution in [2.45, 2.75) is 6.92 Å². The summed E-state index contributed by atoms with van der Waals surface area (Å²) in [5.74, 6) is 0.0182. The van der Waals surface area contributed by atoms with Gasteiger partial charge in [-0.2, -0.15) is 0 Å². The maximum Gasteiger partial charge on any atom is 0.225 e. The minimum Gasteiger partial charge on any atom is -0.294 e. The third kappa shape index (κ3) is 2.71. The van der Waals surface area contributed by atoms with E-state index in [1.165, 1.54) is 0 Å². The predicted molar refractivity (Wildman–Crippen MR) is 73.8 cm³/mol. The van der Waals surface area contributed by atoms with Crippen LogP contribution >= 0.6 is 38.7 Å². The number of amides is 1. The predicted octanol–water partition coefficient (Wildman–Crippen LogP) is 1.75. The maximum atomic E-state index is 11.1. The number of carbonyl (C=O) groups excluding carboxylic acids is 1. The zero-order valence-electron chi connectivity index (χ0n) is 8.44. The van der Waals surface area contributed by atoms with Crippen LogP contribution in [0.5, 0.6) is 0 Å². The highest BCUT2D eigenvalue weighted by Gasteiger charge is 2.22. The molecule has 0 radical (unpaired) electrons. The van der Waals surface area contributed by atoms with Gasteiger partial charge >= 0.3 is 0 Å². The van der Waals surface area contributed by atoms with Gasteiger partial charge in [0.1, 0.15) is 0 Å². The first-order valence-corrected chi connectivity index (χ1v) is 8.99. The van der Waals surface area contributed by atoms with Crippen LogP contribution in [0.2, 0.25) is 0 Å². The SMILES string of the molecule is CC(=O)N(C)C1=NC(N(C)C)=S(I)S1. The van der Waals surface area contributed by atoms with Gasteiger partial charge in [0.25, 0.3) is 0 Å². The van der Waals surface area contributed by atoms with Gasteiger partial charge in [-0.05, 0) is 31.6 Å². The highest BCUT2D eigenvalue weighted by atomic mass is 127. The zero-order chi connectivity index (χ0) is 10.9. The van der Waals surface area contributed by atoms with E-state index in [9.17, 15) is 4.79 Å². The molecule has 0 saturated carbocycles. The average molecular weight is 345 g/mol. The van der Waals surface area contributed by atoms with E-state index in [1.54, 1.807) is 29.7 Å². The molecule has 1 rings (SSSR count). The Bertz CT molecular complexity index is 327. The van der Waals surface area contributed by atoms with E-state index in [-0.39, 0.29) is 12.6 Å². The summed E-state index contributed by atoms with van der Waals surface area (Å²) < 4.78 is 0. The summed E-state index contributed by atoms with van der Waals surface area (Å²) in [6.45, 7) is 1.57. The van der Waals surface area contributed by atoms with Crippen molar-refractivity contribution in [3.8, 4) is 0 Å². The number of hydrogen-bond acceptors (Lipinski definition) is 4. The summed E-state index contributed by atoms with van der Waals surface area (Å²) in [5, 5.41) is 1.82. The second kappa shape index (κ2) is 4.95. The third-order valence-corrected chi connectivity index (χ3v) is 7.16. The summed E-state index contributed by atoms with van der Waals surface area (Å²) in [7, 11) is 7.31. The average Bonchev–Trinajstić information content (AvgIpc) is 2.45. The van der Waals surface area contributed by atoms with Gasteiger partial charge in [-0.1, -0.05) is 0 Å². The van der Waals surface area contributed by atoms with Crippen LogP contribution in [0.1, 0.15) is 6.92 Å². The molecule has 1 heterocycles. The normalized spacial score (nSPS) is 21.4. The van der Waals surface area contributed by atoms with Crippen LogP contribution in [-0.4, -0.2) is 47.1 Å². The molecule has 1 amide bonds. The van der Waals surface area contributed by atoms with Crippen molar-refractivity contribution in [2.75, 3.05) is 21.1 Å². The number of amidine groups is 1. The zero-order valence-corrected chi connectivity index (χ0v) is 12.2. The molecule has 0 fully saturated rings. The molecule has 1 aliphatic heterocycles. The van der Waals surface area contributed by atoms with Gasteiger partial charge in [-0.15, -0.1) is 0 Å². The first-order chi connectivity index (χ1) is 6.43. The van der Waals surface area contributed by atoms with Crippen LogP contribution in [0.4, 0.5) is 0 Å². The van der Waals surface area contributed by atoms with Gasteiger partial charge < -0.3 is 0 Å². The number of rotatable bonds is 0. The molecule has 0 aliphatic carbocycles. The highest BCUT2D eigenvalue weighted by Crippen LogP contribution is 2.46. The number of nitrogens with zero attached hydrogens (tertiary/aromatic N) is 3. The molecule has 0 N–H and O–H groups in total. The molecule has 80 valence electrons. The van der Waals surface area contributed by atoms with Crippen LogP contribution < -0.4 is 0 Å². The van der Waals surface area contributed by atoms with Crippen molar-refractivity contribution in [1.29, 1.82) is 0 Å². The summed E-state index contributed by atoms with van der Waals surface area (Å²) in [5.41, 5.74) is 0. The van der Waals surface area contributed by atoms with Crippen molar-refractivity contribution in [2.24, 2.45) is 4.99 Å². The summed E-state index contributed by atoms with van der Waals surface area (Å²) in [6, 6.07) is 0. The lowest BCUT2D eigenvalue weighted by atomic mass is 10.6. The van der Waals surface area contributed by atoms with Crippen LogP contribution in [-0.2, 0) is 4.79 Å². The fourth-order valence-electron chi connectivity index (χ4n) is 0.748. The van der Waals surface area contributed by atoms with Gasteiger partial charge in [0.2, 0.25) is 5.91 Å². The molecule has 0 saturated heterocycles. The molecule has 0 aromatic heterocycles. The van der Waals surface area contributed by atoms with Gasteiger partial charge in [0.05, 0.1) is 0 Å². The molecular weight excluding hydrogens is 333 g/mol. The van der Waals surface area contributed by atoms with Crippen LogP contribution in [0.3, 0.4) is 0 Å².